The minimum absolute atomic E-state index is 0.000695. The van der Waals surface area contributed by atoms with E-state index in [1.165, 1.54) is 12.1 Å². The van der Waals surface area contributed by atoms with Crippen LogP contribution >= 0.6 is 0 Å². The Bertz CT molecular complexity index is 811. The quantitative estimate of drug-likeness (QED) is 0.876. The molecule has 0 unspecified atom stereocenters. The molecule has 7 heteroatoms. The number of hydrogen-bond donors (Lipinski definition) is 1. The largest absolute Gasteiger partial charge is 0.416 e. The summed E-state index contributed by atoms with van der Waals surface area (Å²) in [4.78, 5) is 11.8. The molecule has 4 nitrogen and oxygen atoms in total. The van der Waals surface area contributed by atoms with Crippen molar-refractivity contribution in [3.05, 3.63) is 52.9 Å². The molecule has 1 heterocycles. The van der Waals surface area contributed by atoms with Crippen LogP contribution in [0.3, 0.4) is 0 Å². The maximum atomic E-state index is 12.6. The fourth-order valence-electron chi connectivity index (χ4n) is 2.09. The number of carbonyl (C=O) groups excluding carboxylic acids is 1. The minimum atomic E-state index is -4.40. The Hall–Kier alpha value is -2.75. The van der Waals surface area contributed by atoms with Crippen molar-refractivity contribution in [1.82, 2.24) is 10.5 Å². The second kappa shape index (κ2) is 6.40. The second-order valence-electron chi connectivity index (χ2n) is 5.45. The molecule has 1 aliphatic carbocycles. The van der Waals surface area contributed by atoms with Gasteiger partial charge >= 0.3 is 6.18 Å². The summed E-state index contributed by atoms with van der Waals surface area (Å²) >= 11 is 0. The number of benzene rings is 1. The highest BCUT2D eigenvalue weighted by molar-refractivity contribution is 5.92. The molecule has 1 amide bonds. The fourth-order valence-corrected chi connectivity index (χ4v) is 2.09. The Morgan fingerprint density at radius 2 is 2.12 bits per heavy atom. The first kappa shape index (κ1) is 16.1. The van der Waals surface area contributed by atoms with Gasteiger partial charge in [0, 0.05) is 17.5 Å². The lowest BCUT2D eigenvalue weighted by atomic mass is 10.1. The van der Waals surface area contributed by atoms with Crippen LogP contribution in [0.25, 0.3) is 0 Å². The molecule has 3 rings (SSSR count). The van der Waals surface area contributed by atoms with E-state index in [-0.39, 0.29) is 17.8 Å². The highest BCUT2D eigenvalue weighted by Crippen LogP contribution is 2.40. The number of halogens is 3. The maximum Gasteiger partial charge on any atom is 0.416 e. The molecule has 0 spiro atoms. The lowest BCUT2D eigenvalue weighted by Gasteiger charge is -2.05. The average Bonchev–Trinajstić information content (AvgIpc) is 3.28. The number of nitrogens with zero attached hydrogens (tertiary/aromatic N) is 1. The molecular formula is C17H13F3N2O2. The van der Waals surface area contributed by atoms with Crippen LogP contribution < -0.4 is 5.32 Å². The summed E-state index contributed by atoms with van der Waals surface area (Å²) in [7, 11) is 0. The van der Waals surface area contributed by atoms with Crippen LogP contribution in [-0.4, -0.2) is 17.6 Å². The zero-order chi connectivity index (χ0) is 17.2. The molecule has 0 radical (unpaired) electrons. The van der Waals surface area contributed by atoms with E-state index in [1.54, 1.807) is 6.07 Å². The summed E-state index contributed by atoms with van der Waals surface area (Å²) < 4.78 is 42.9. The van der Waals surface area contributed by atoms with Crippen molar-refractivity contribution >= 4 is 5.91 Å². The Morgan fingerprint density at radius 1 is 1.33 bits per heavy atom. The van der Waals surface area contributed by atoms with Crippen molar-refractivity contribution in [3.8, 4) is 11.8 Å². The Kier molecular flexibility index (Phi) is 4.30. The Labute approximate surface area is 136 Å². The number of aromatic nitrogens is 1. The predicted octanol–water partition coefficient (Wildman–Crippen LogP) is 3.35. The monoisotopic (exact) mass is 334 g/mol. The van der Waals surface area contributed by atoms with Crippen molar-refractivity contribution in [1.29, 1.82) is 0 Å². The van der Waals surface area contributed by atoms with E-state index < -0.39 is 17.6 Å². The topological polar surface area (TPSA) is 55.1 Å². The Balaban J connectivity index is 1.56. The van der Waals surface area contributed by atoms with Gasteiger partial charge in [0.25, 0.3) is 5.91 Å². The van der Waals surface area contributed by atoms with Gasteiger partial charge in [-0.3, -0.25) is 4.79 Å². The zero-order valence-corrected chi connectivity index (χ0v) is 12.5. The normalized spacial score (nSPS) is 14.0. The van der Waals surface area contributed by atoms with Crippen molar-refractivity contribution in [2.75, 3.05) is 6.54 Å². The molecule has 1 N–H and O–H groups in total. The molecule has 0 aliphatic heterocycles. The van der Waals surface area contributed by atoms with Crippen LogP contribution in [0, 0.1) is 11.8 Å². The SMILES string of the molecule is O=C(NCC#Cc1cccc(C(F)(F)F)c1)c1cc(C2CC2)on1. The van der Waals surface area contributed by atoms with Gasteiger partial charge in [-0.25, -0.2) is 0 Å². The minimum Gasteiger partial charge on any atom is -0.360 e. The second-order valence-corrected chi connectivity index (χ2v) is 5.45. The van der Waals surface area contributed by atoms with E-state index in [1.807, 2.05) is 0 Å². The van der Waals surface area contributed by atoms with E-state index in [2.05, 4.69) is 22.3 Å². The first-order chi connectivity index (χ1) is 11.4. The highest BCUT2D eigenvalue weighted by atomic mass is 19.4. The molecule has 124 valence electrons. The lowest BCUT2D eigenvalue weighted by Crippen LogP contribution is -2.23. The third-order valence-electron chi connectivity index (χ3n) is 3.50. The standard InChI is InChI=1S/C17H13F3N2O2/c18-17(19,20)13-5-1-3-11(9-13)4-2-8-21-16(23)14-10-15(24-22-14)12-6-7-12/h1,3,5,9-10,12H,6-8H2,(H,21,23). The van der Waals surface area contributed by atoms with Crippen molar-refractivity contribution in [3.63, 3.8) is 0 Å². The van der Waals surface area contributed by atoms with E-state index in [4.69, 9.17) is 4.52 Å². The summed E-state index contributed by atoms with van der Waals surface area (Å²) in [5.74, 6) is 5.84. The number of amides is 1. The third-order valence-corrected chi connectivity index (χ3v) is 3.50. The average molecular weight is 334 g/mol. The van der Waals surface area contributed by atoms with Crippen LogP contribution in [0.4, 0.5) is 13.2 Å². The molecule has 1 aliphatic rings. The Morgan fingerprint density at radius 3 is 2.83 bits per heavy atom. The van der Waals surface area contributed by atoms with Gasteiger partial charge in [-0.15, -0.1) is 0 Å². The van der Waals surface area contributed by atoms with Crippen LogP contribution in [0.2, 0.25) is 0 Å². The summed E-state index contributed by atoms with van der Waals surface area (Å²) in [6, 6.07) is 6.32. The molecule has 1 saturated carbocycles. The van der Waals surface area contributed by atoms with Crippen LogP contribution in [0.15, 0.2) is 34.9 Å². The number of rotatable bonds is 3. The van der Waals surface area contributed by atoms with E-state index in [0.29, 0.717) is 11.7 Å². The third kappa shape index (κ3) is 3.96. The van der Waals surface area contributed by atoms with E-state index >= 15 is 0 Å². The van der Waals surface area contributed by atoms with Gasteiger partial charge in [0.05, 0.1) is 12.1 Å². The van der Waals surface area contributed by atoms with E-state index in [0.717, 1.165) is 25.0 Å². The summed E-state index contributed by atoms with van der Waals surface area (Å²) in [5.41, 5.74) is -0.345. The molecule has 2 aromatic rings. The molecule has 24 heavy (non-hydrogen) atoms. The number of alkyl halides is 3. The molecule has 0 bridgehead atoms. The first-order valence-corrected chi connectivity index (χ1v) is 7.34. The fraction of sp³-hybridized carbons (Fsp3) is 0.294. The maximum absolute atomic E-state index is 12.6. The molecule has 1 aromatic heterocycles. The van der Waals surface area contributed by atoms with Crippen molar-refractivity contribution in [2.24, 2.45) is 0 Å². The van der Waals surface area contributed by atoms with Crippen molar-refractivity contribution in [2.45, 2.75) is 24.9 Å². The first-order valence-electron chi connectivity index (χ1n) is 7.34. The zero-order valence-electron chi connectivity index (χ0n) is 12.5. The van der Waals surface area contributed by atoms with Crippen LogP contribution in [0.5, 0.6) is 0 Å². The lowest BCUT2D eigenvalue weighted by molar-refractivity contribution is -0.137. The molecule has 0 saturated heterocycles. The van der Waals surface area contributed by atoms with Gasteiger partial charge in [-0.2, -0.15) is 13.2 Å². The van der Waals surface area contributed by atoms with Gasteiger partial charge in [-0.1, -0.05) is 23.1 Å². The number of carbonyl (C=O) groups is 1. The van der Waals surface area contributed by atoms with Gasteiger partial charge in [0.15, 0.2) is 5.69 Å². The summed E-state index contributed by atoms with van der Waals surface area (Å²) in [6.07, 6.45) is -2.32. The van der Waals surface area contributed by atoms with Gasteiger partial charge in [0.2, 0.25) is 0 Å². The van der Waals surface area contributed by atoms with Gasteiger partial charge in [0.1, 0.15) is 5.76 Å². The predicted molar refractivity (Wildman–Crippen MR) is 79.1 cm³/mol. The number of hydrogen-bond acceptors (Lipinski definition) is 3. The summed E-state index contributed by atoms with van der Waals surface area (Å²) in [5, 5.41) is 6.22. The summed E-state index contributed by atoms with van der Waals surface area (Å²) in [6.45, 7) is 0.000695. The van der Waals surface area contributed by atoms with E-state index in [9.17, 15) is 18.0 Å². The molecule has 1 fully saturated rings. The highest BCUT2D eigenvalue weighted by Gasteiger charge is 2.30. The van der Waals surface area contributed by atoms with Crippen LogP contribution in [0.1, 0.15) is 46.1 Å². The van der Waals surface area contributed by atoms with Crippen molar-refractivity contribution < 1.29 is 22.5 Å². The molecule has 1 aromatic carbocycles. The molecular weight excluding hydrogens is 321 g/mol. The van der Waals surface area contributed by atoms with Gasteiger partial charge in [-0.05, 0) is 31.0 Å². The van der Waals surface area contributed by atoms with Gasteiger partial charge < -0.3 is 9.84 Å². The smallest absolute Gasteiger partial charge is 0.360 e. The molecule has 0 atom stereocenters. The van der Waals surface area contributed by atoms with Crippen LogP contribution in [-0.2, 0) is 6.18 Å². The number of nitrogens with one attached hydrogen (secondary N) is 1.